The maximum Gasteiger partial charge on any atom is 0.0816 e. The van der Waals surface area contributed by atoms with E-state index in [1.165, 1.54) is 0 Å². The molecular formula is C13H25N3O. The zero-order chi connectivity index (χ0) is 13.1. The van der Waals surface area contributed by atoms with Gasteiger partial charge >= 0.3 is 0 Å². The van der Waals surface area contributed by atoms with Crippen LogP contribution in [0, 0.1) is 5.41 Å². The molecule has 4 nitrogen and oxygen atoms in total. The van der Waals surface area contributed by atoms with Crippen LogP contribution >= 0.6 is 0 Å². The third kappa shape index (κ3) is 3.54. The van der Waals surface area contributed by atoms with E-state index in [-0.39, 0.29) is 17.6 Å². The van der Waals surface area contributed by atoms with E-state index in [0.29, 0.717) is 6.61 Å². The third-order valence-electron chi connectivity index (χ3n) is 2.89. The maximum atomic E-state index is 6.30. The Morgan fingerprint density at radius 2 is 2.06 bits per heavy atom. The predicted molar refractivity (Wildman–Crippen MR) is 69.7 cm³/mol. The van der Waals surface area contributed by atoms with Crippen molar-refractivity contribution in [1.29, 1.82) is 0 Å². The van der Waals surface area contributed by atoms with Gasteiger partial charge in [0.1, 0.15) is 0 Å². The monoisotopic (exact) mass is 239 g/mol. The molecule has 0 amide bonds. The second kappa shape index (κ2) is 5.65. The Hall–Kier alpha value is -0.870. The van der Waals surface area contributed by atoms with E-state index >= 15 is 0 Å². The molecule has 1 rings (SSSR count). The molecule has 2 atom stereocenters. The summed E-state index contributed by atoms with van der Waals surface area (Å²) in [5.74, 6) is 0. The van der Waals surface area contributed by atoms with Crippen molar-refractivity contribution in [3.05, 3.63) is 18.0 Å². The lowest BCUT2D eigenvalue weighted by molar-refractivity contribution is -0.0283. The van der Waals surface area contributed by atoms with Crippen LogP contribution in [0.1, 0.15) is 46.2 Å². The molecular weight excluding hydrogens is 214 g/mol. The number of nitrogens with two attached hydrogens (primary N) is 1. The molecule has 0 saturated carbocycles. The van der Waals surface area contributed by atoms with Crippen molar-refractivity contribution < 1.29 is 4.74 Å². The maximum absolute atomic E-state index is 6.30. The van der Waals surface area contributed by atoms with E-state index in [1.807, 2.05) is 24.0 Å². The number of hydrogen-bond acceptors (Lipinski definition) is 3. The first-order valence-corrected chi connectivity index (χ1v) is 6.29. The molecule has 0 spiro atoms. The number of rotatable bonds is 5. The quantitative estimate of drug-likeness (QED) is 0.858. The lowest BCUT2D eigenvalue weighted by atomic mass is 9.83. The molecule has 1 aromatic heterocycles. The first kappa shape index (κ1) is 14.2. The summed E-state index contributed by atoms with van der Waals surface area (Å²) in [7, 11) is 0. The molecule has 0 aliphatic heterocycles. The molecule has 4 heteroatoms. The van der Waals surface area contributed by atoms with Crippen LogP contribution in [0.25, 0.3) is 0 Å². The van der Waals surface area contributed by atoms with Crippen LogP contribution in [-0.4, -0.2) is 22.5 Å². The Balaban J connectivity index is 2.87. The molecule has 0 aromatic carbocycles. The number of nitrogens with zero attached hydrogens (tertiary/aromatic N) is 2. The molecule has 17 heavy (non-hydrogen) atoms. The van der Waals surface area contributed by atoms with Crippen LogP contribution < -0.4 is 5.73 Å². The van der Waals surface area contributed by atoms with Crippen LogP contribution in [0.3, 0.4) is 0 Å². The summed E-state index contributed by atoms with van der Waals surface area (Å²) in [4.78, 5) is 0. The van der Waals surface area contributed by atoms with Gasteiger partial charge < -0.3 is 10.5 Å². The first-order valence-electron chi connectivity index (χ1n) is 6.29. The Morgan fingerprint density at radius 1 is 1.41 bits per heavy atom. The van der Waals surface area contributed by atoms with Crippen molar-refractivity contribution >= 4 is 0 Å². The highest BCUT2D eigenvalue weighted by molar-refractivity contribution is 5.13. The van der Waals surface area contributed by atoms with Crippen molar-refractivity contribution in [2.75, 3.05) is 6.61 Å². The predicted octanol–water partition coefficient (Wildman–Crippen LogP) is 2.35. The first-order chi connectivity index (χ1) is 7.90. The molecule has 0 saturated heterocycles. The summed E-state index contributed by atoms with van der Waals surface area (Å²) in [6.45, 7) is 12.1. The van der Waals surface area contributed by atoms with Gasteiger partial charge in [0.05, 0.1) is 18.3 Å². The second-order valence-electron chi connectivity index (χ2n) is 5.40. The molecule has 0 radical (unpaired) electrons. The summed E-state index contributed by atoms with van der Waals surface area (Å²) < 4.78 is 7.69. The second-order valence-corrected chi connectivity index (χ2v) is 5.40. The fourth-order valence-electron chi connectivity index (χ4n) is 1.97. The fourth-order valence-corrected chi connectivity index (χ4v) is 1.97. The summed E-state index contributed by atoms with van der Waals surface area (Å²) >= 11 is 0. The van der Waals surface area contributed by atoms with Crippen molar-refractivity contribution in [2.24, 2.45) is 11.1 Å². The van der Waals surface area contributed by atoms with Crippen LogP contribution in [0.5, 0.6) is 0 Å². The number of aryl methyl sites for hydroxylation is 1. The molecule has 98 valence electrons. The Labute approximate surface area is 104 Å². The highest BCUT2D eigenvalue weighted by atomic mass is 16.5. The Morgan fingerprint density at radius 3 is 2.47 bits per heavy atom. The zero-order valence-corrected chi connectivity index (χ0v) is 11.6. The Kier molecular flexibility index (Phi) is 4.71. The fraction of sp³-hybridized carbons (Fsp3) is 0.769. The van der Waals surface area contributed by atoms with E-state index in [4.69, 9.17) is 10.5 Å². The van der Waals surface area contributed by atoms with Crippen molar-refractivity contribution in [1.82, 2.24) is 9.78 Å². The van der Waals surface area contributed by atoms with Gasteiger partial charge in [-0.15, -0.1) is 0 Å². The summed E-state index contributed by atoms with van der Waals surface area (Å²) in [5, 5.41) is 4.26. The number of aromatic nitrogens is 2. The highest BCUT2D eigenvalue weighted by Crippen LogP contribution is 2.31. The summed E-state index contributed by atoms with van der Waals surface area (Å²) in [6.07, 6.45) is 3.84. The minimum atomic E-state index is -0.129. The molecule has 2 N–H and O–H groups in total. The lowest BCUT2D eigenvalue weighted by Gasteiger charge is -2.34. The van der Waals surface area contributed by atoms with Crippen LogP contribution in [-0.2, 0) is 11.3 Å². The summed E-state index contributed by atoms with van der Waals surface area (Å²) in [5.41, 5.74) is 7.36. The standard InChI is InChI=1S/C13H25N3O/c1-6-16-9-10(8-15-16)11(14)12(17-7-2)13(3,4)5/h8-9,11-12H,6-7,14H2,1-5H3. The Bertz CT molecular complexity index is 341. The van der Waals surface area contributed by atoms with Gasteiger partial charge in [0.2, 0.25) is 0 Å². The van der Waals surface area contributed by atoms with Gasteiger partial charge in [-0.1, -0.05) is 20.8 Å². The van der Waals surface area contributed by atoms with Crippen molar-refractivity contribution in [2.45, 2.75) is 53.3 Å². The van der Waals surface area contributed by atoms with Crippen molar-refractivity contribution in [3.8, 4) is 0 Å². The van der Waals surface area contributed by atoms with Crippen molar-refractivity contribution in [3.63, 3.8) is 0 Å². The number of ether oxygens (including phenoxy) is 1. The average Bonchev–Trinajstić information content (AvgIpc) is 2.71. The van der Waals surface area contributed by atoms with Gasteiger partial charge in [0.25, 0.3) is 0 Å². The number of hydrogen-bond donors (Lipinski definition) is 1. The summed E-state index contributed by atoms with van der Waals surface area (Å²) in [6, 6.07) is -0.129. The molecule has 0 fully saturated rings. The molecule has 0 bridgehead atoms. The van der Waals surface area contributed by atoms with E-state index in [2.05, 4.69) is 32.8 Å². The normalized spacial score (nSPS) is 15.9. The zero-order valence-electron chi connectivity index (χ0n) is 11.6. The molecule has 1 heterocycles. The van der Waals surface area contributed by atoms with E-state index < -0.39 is 0 Å². The van der Waals surface area contributed by atoms with E-state index in [9.17, 15) is 0 Å². The van der Waals surface area contributed by atoms with Gasteiger partial charge in [-0.2, -0.15) is 5.10 Å². The van der Waals surface area contributed by atoms with Gasteiger partial charge in [-0.05, 0) is 19.3 Å². The van der Waals surface area contributed by atoms with E-state index in [1.54, 1.807) is 0 Å². The smallest absolute Gasteiger partial charge is 0.0816 e. The molecule has 1 aromatic rings. The topological polar surface area (TPSA) is 53.1 Å². The van der Waals surface area contributed by atoms with Gasteiger partial charge in [0.15, 0.2) is 0 Å². The molecule has 0 aliphatic rings. The SMILES string of the molecule is CCOC(C(N)c1cnn(CC)c1)C(C)(C)C. The molecule has 0 aliphatic carbocycles. The van der Waals surface area contributed by atoms with Crippen LogP contribution in [0.4, 0.5) is 0 Å². The largest absolute Gasteiger partial charge is 0.376 e. The van der Waals surface area contributed by atoms with Crippen LogP contribution in [0.15, 0.2) is 12.4 Å². The highest BCUT2D eigenvalue weighted by Gasteiger charge is 2.32. The average molecular weight is 239 g/mol. The minimum absolute atomic E-state index is 0.00186. The van der Waals surface area contributed by atoms with E-state index in [0.717, 1.165) is 12.1 Å². The lowest BCUT2D eigenvalue weighted by Crippen LogP contribution is -2.39. The molecule has 2 unspecified atom stereocenters. The van der Waals surface area contributed by atoms with Gasteiger partial charge in [0, 0.05) is 24.9 Å². The van der Waals surface area contributed by atoms with Gasteiger partial charge in [-0.3, -0.25) is 4.68 Å². The van der Waals surface area contributed by atoms with Gasteiger partial charge in [-0.25, -0.2) is 0 Å². The van der Waals surface area contributed by atoms with Crippen LogP contribution in [0.2, 0.25) is 0 Å². The minimum Gasteiger partial charge on any atom is -0.376 e. The third-order valence-corrected chi connectivity index (χ3v) is 2.89.